The average Bonchev–Trinajstić information content (AvgIpc) is 3.91. The van der Waals surface area contributed by atoms with Crippen LogP contribution in [0.15, 0.2) is 22.8 Å². The number of ether oxygens (including phenoxy) is 10. The summed E-state index contributed by atoms with van der Waals surface area (Å²) < 4.78 is 61.2. The van der Waals surface area contributed by atoms with E-state index in [2.05, 4.69) is 0 Å². The number of allylic oxidation sites excluding steroid dienone is 1. The minimum atomic E-state index is -2.10. The van der Waals surface area contributed by atoms with Gasteiger partial charge in [-0.25, -0.2) is 0 Å². The van der Waals surface area contributed by atoms with Crippen LogP contribution < -0.4 is 0 Å². The minimum absolute atomic E-state index is 0.0849. The summed E-state index contributed by atoms with van der Waals surface area (Å²) in [6, 6.07) is 0. The molecule has 6 aliphatic heterocycles. The number of aliphatic hydroxyl groups excluding tert-OH is 11. The third kappa shape index (κ3) is 8.14. The lowest BCUT2D eigenvalue weighted by Crippen LogP contribution is -2.65. The van der Waals surface area contributed by atoms with Crippen molar-refractivity contribution in [3.05, 3.63) is 22.8 Å². The van der Waals surface area contributed by atoms with Crippen molar-refractivity contribution in [2.75, 3.05) is 33.0 Å². The second-order valence-electron chi connectivity index (χ2n) is 21.7. The highest BCUT2D eigenvalue weighted by atomic mass is 16.8. The van der Waals surface area contributed by atoms with Gasteiger partial charge in [-0.05, 0) is 44.4 Å². The Hall–Kier alpha value is -1.73. The van der Waals surface area contributed by atoms with Crippen LogP contribution in [0, 0.1) is 35.0 Å². The van der Waals surface area contributed by atoms with Gasteiger partial charge >= 0.3 is 0 Å². The molecule has 0 aromatic rings. The predicted octanol–water partition coefficient (Wildman–Crippen LogP) is -4.28. The Morgan fingerprint density at radius 2 is 1.44 bits per heavy atom. The van der Waals surface area contributed by atoms with Crippen LogP contribution >= 0.6 is 0 Å². The highest BCUT2D eigenvalue weighted by Gasteiger charge is 2.68. The molecular formula is C47H70O23. The topological polar surface area (TPSA) is 352 Å². The second-order valence-corrected chi connectivity index (χ2v) is 21.7. The standard InChI is InChI=1S/C47H70O23/c1-16-11-64-47(39(58)29(16)52)17(2)27-22-7-8-23-21(28(22)32(55)36(27)70-47)6-5-19-9-20(49)10-26(45(19,23)4)66-43-38(35(25(51)13-62-43)67-41-33(56)31(54)24(50)12-61-41)69-42-34(57)37(30(53)18(3)65-42)68-44-40(59)46(60,14-48)15-63-44/h5,16-18,20-21,23-27,29-31,33-44,48-54,56-60H,6-15H2,1-4H3/t16-,17-,18-,20+,21+,23-,24+,25-,26+,27+,29?,30-,31-,33+,34+,35-,36+,37+,38+,39?,40-,41-,42-,43-,44-,45-,46+,47-/m0/s1. The molecule has 0 bridgehead atoms. The van der Waals surface area contributed by atoms with Crippen LogP contribution in [0.1, 0.15) is 59.8 Å². The minimum Gasteiger partial charge on any atom is -0.393 e. The Morgan fingerprint density at radius 1 is 0.743 bits per heavy atom. The van der Waals surface area contributed by atoms with E-state index in [1.165, 1.54) is 6.92 Å². The molecule has 0 aromatic heterocycles. The van der Waals surface area contributed by atoms with Crippen molar-refractivity contribution < 1.29 is 113 Å². The Morgan fingerprint density at radius 3 is 2.17 bits per heavy atom. The van der Waals surface area contributed by atoms with E-state index < -0.39 is 172 Å². The quantitative estimate of drug-likeness (QED) is 0.0973. The highest BCUT2D eigenvalue weighted by molar-refractivity contribution is 6.04. The van der Waals surface area contributed by atoms with Gasteiger partial charge in [-0.3, -0.25) is 4.79 Å². The molecule has 0 amide bonds. The maximum absolute atomic E-state index is 14.7. The second kappa shape index (κ2) is 19.1. The fourth-order valence-electron chi connectivity index (χ4n) is 13.4. The van der Waals surface area contributed by atoms with Gasteiger partial charge in [-0.1, -0.05) is 38.0 Å². The summed E-state index contributed by atoms with van der Waals surface area (Å²) in [6.07, 6.45) is -25.2. The van der Waals surface area contributed by atoms with E-state index in [1.807, 2.05) is 19.9 Å². The summed E-state index contributed by atoms with van der Waals surface area (Å²) in [4.78, 5) is 14.7. The van der Waals surface area contributed by atoms with Crippen molar-refractivity contribution in [2.45, 2.75) is 194 Å². The van der Waals surface area contributed by atoms with Gasteiger partial charge in [0.15, 0.2) is 30.9 Å². The Bertz CT molecular complexity index is 2010. The average molecular weight is 1000 g/mol. The van der Waals surface area contributed by atoms with Gasteiger partial charge in [-0.2, -0.15) is 0 Å². The molecule has 23 heteroatoms. The van der Waals surface area contributed by atoms with Crippen LogP contribution in [0.3, 0.4) is 0 Å². The fraction of sp³-hybridized carbons (Fsp3) is 0.894. The van der Waals surface area contributed by atoms with Gasteiger partial charge in [-0.15, -0.1) is 0 Å². The molecule has 396 valence electrons. The van der Waals surface area contributed by atoms with Gasteiger partial charge in [0.25, 0.3) is 0 Å². The predicted molar refractivity (Wildman–Crippen MR) is 229 cm³/mol. The molecule has 28 atom stereocenters. The fourth-order valence-corrected chi connectivity index (χ4v) is 13.4. The number of hydrogen-bond donors (Lipinski definition) is 12. The van der Waals surface area contributed by atoms with E-state index in [1.54, 1.807) is 6.92 Å². The van der Waals surface area contributed by atoms with Crippen molar-refractivity contribution in [3.8, 4) is 0 Å². The van der Waals surface area contributed by atoms with E-state index in [4.69, 9.17) is 47.4 Å². The van der Waals surface area contributed by atoms with Crippen molar-refractivity contribution in [3.63, 3.8) is 0 Å². The lowest BCUT2D eigenvalue weighted by molar-refractivity contribution is -0.387. The zero-order valence-electron chi connectivity index (χ0n) is 39.4. The van der Waals surface area contributed by atoms with Crippen LogP contribution in [-0.2, 0) is 52.2 Å². The normalized spacial score (nSPS) is 55.8. The first-order valence-corrected chi connectivity index (χ1v) is 24.7. The number of carbonyl (C=O) groups excluding carboxylic acids is 1. The molecular weight excluding hydrogens is 932 g/mol. The van der Waals surface area contributed by atoms with Crippen LogP contribution in [0.25, 0.3) is 0 Å². The number of ketones is 1. The van der Waals surface area contributed by atoms with E-state index in [9.17, 15) is 66.1 Å². The summed E-state index contributed by atoms with van der Waals surface area (Å²) in [5.74, 6) is -3.41. The molecule has 2 unspecified atom stereocenters. The molecule has 4 aliphatic carbocycles. The summed E-state index contributed by atoms with van der Waals surface area (Å²) in [6.45, 7) is 4.99. The molecule has 6 saturated heterocycles. The molecule has 0 aromatic carbocycles. The molecule has 6 heterocycles. The van der Waals surface area contributed by atoms with Crippen LogP contribution in [0.4, 0.5) is 0 Å². The first-order chi connectivity index (χ1) is 33.1. The van der Waals surface area contributed by atoms with E-state index in [0.29, 0.717) is 31.3 Å². The number of Topliss-reactive ketones (excluding diaryl/α,β-unsaturated/α-hetero) is 1. The maximum atomic E-state index is 14.7. The third-order valence-corrected chi connectivity index (χ3v) is 17.6. The molecule has 10 aliphatic rings. The summed E-state index contributed by atoms with van der Waals surface area (Å²) in [5.41, 5.74) is -0.418. The Labute approximate surface area is 403 Å². The summed E-state index contributed by atoms with van der Waals surface area (Å²) >= 11 is 0. The van der Waals surface area contributed by atoms with Crippen LogP contribution in [0.5, 0.6) is 0 Å². The molecule has 0 radical (unpaired) electrons. The van der Waals surface area contributed by atoms with E-state index in [-0.39, 0.29) is 42.5 Å². The van der Waals surface area contributed by atoms with Gasteiger partial charge in [0.2, 0.25) is 5.79 Å². The third-order valence-electron chi connectivity index (χ3n) is 17.6. The molecule has 1 spiro atoms. The molecule has 10 rings (SSSR count). The Balaban J connectivity index is 0.943. The van der Waals surface area contributed by atoms with E-state index in [0.717, 1.165) is 11.1 Å². The zero-order chi connectivity index (χ0) is 50.1. The van der Waals surface area contributed by atoms with Gasteiger partial charge in [0.1, 0.15) is 78.8 Å². The lowest BCUT2D eigenvalue weighted by atomic mass is 9.51. The van der Waals surface area contributed by atoms with Crippen molar-refractivity contribution in [1.29, 1.82) is 0 Å². The van der Waals surface area contributed by atoms with Gasteiger partial charge < -0.3 is 109 Å². The van der Waals surface area contributed by atoms with Crippen molar-refractivity contribution in [2.24, 2.45) is 35.0 Å². The number of aliphatic hydroxyl groups is 12. The molecule has 12 N–H and O–H groups in total. The molecule has 7 fully saturated rings. The Kier molecular flexibility index (Phi) is 14.1. The largest absolute Gasteiger partial charge is 0.393 e. The summed E-state index contributed by atoms with van der Waals surface area (Å²) in [7, 11) is 0. The smallest absolute Gasteiger partial charge is 0.201 e. The number of rotatable bonds is 9. The number of carbonyl (C=O) groups is 1. The lowest BCUT2D eigenvalue weighted by Gasteiger charge is -2.57. The number of fused-ring (bicyclic) bond motifs is 6. The monoisotopic (exact) mass is 1000 g/mol. The van der Waals surface area contributed by atoms with E-state index >= 15 is 0 Å². The molecule has 1 saturated carbocycles. The van der Waals surface area contributed by atoms with Crippen molar-refractivity contribution >= 4 is 5.78 Å². The van der Waals surface area contributed by atoms with Gasteiger partial charge in [0.05, 0.1) is 57.5 Å². The SMILES string of the molecule is C[C@@H]1O[C@@H](O[C@H]2[C@H](O[C@@H]3C[C@H](O)CC4=CC[C@H]5C6=C(CC[C@@H]5[C@]43C)[C@@H]3[C@@H](O[C@@]4(OC[C@H](C)C(O)C4O)[C@H]3C)C6=O)OC[C@H](O)[C@@H]2O[C@@H]2OC[C@@H](O)[C@H](O)[C@H]2O)[C@H](O)[C@H](O[C@@H]2OC[C@](O)(CO)[C@H]2O)[C@H]1O. The van der Waals surface area contributed by atoms with Crippen molar-refractivity contribution in [1.82, 2.24) is 0 Å². The first kappa shape index (κ1) is 51.7. The van der Waals surface area contributed by atoms with Gasteiger partial charge in [0, 0.05) is 35.2 Å². The van der Waals surface area contributed by atoms with Crippen LogP contribution in [-0.4, -0.2) is 234 Å². The molecule has 70 heavy (non-hydrogen) atoms. The van der Waals surface area contributed by atoms with Crippen LogP contribution in [0.2, 0.25) is 0 Å². The summed E-state index contributed by atoms with van der Waals surface area (Å²) in [5, 5.41) is 131. The maximum Gasteiger partial charge on any atom is 0.201 e. The molecule has 23 nitrogen and oxygen atoms in total. The zero-order valence-corrected chi connectivity index (χ0v) is 39.4. The highest BCUT2D eigenvalue weighted by Crippen LogP contribution is 2.64. The first-order valence-electron chi connectivity index (χ1n) is 24.7. The number of hydrogen-bond acceptors (Lipinski definition) is 23.